The zero-order chi connectivity index (χ0) is 61.6. The number of amides is 1. The summed E-state index contributed by atoms with van der Waals surface area (Å²) in [6.45, 7) is 2.62. The van der Waals surface area contributed by atoms with Gasteiger partial charge in [0.25, 0.3) is 0 Å². The molecule has 1 amide bonds. The van der Waals surface area contributed by atoms with Crippen LogP contribution in [0, 0.1) is 0 Å². The maximum absolute atomic E-state index is 13.3. The lowest BCUT2D eigenvalue weighted by Gasteiger charge is -2.46. The van der Waals surface area contributed by atoms with E-state index in [-0.39, 0.29) is 18.9 Å². The number of allylic oxidation sites excluding steroid dienone is 23. The van der Waals surface area contributed by atoms with Crippen LogP contribution in [-0.2, 0) is 23.7 Å². The SMILES string of the molecule is CC/C=C\C/C=C\C/C=C\C/C=C\C/C=C\C/C=C\C/C=C\C/C=C\C/C=C\CCCCCC(=O)NC(COC1OC(CO)C(OC2OC(CO)C(O)C(O)C2O)C(O)C1O)C(O)/C=C/CC/C=C/CC/C=C/CCCCCCCCCCCC. The standard InChI is InChI=1S/C71H115NO13/c1-3-5-7-9-11-13-15-17-19-21-23-25-26-27-28-29-30-31-32-33-34-35-37-39-41-43-45-47-49-51-53-55-63(76)72-59(60(75)54-52-50-48-46-44-42-40-38-36-24-22-20-18-16-14-12-10-8-6-4-2)58-82-70-68(81)66(79)69(62(57-74)84-70)85-71-67(80)65(78)64(77)61(56-73)83-71/h5,7,11,13,17,19,23,25,27-28,30-31,33-34,36-39,43-46,52,54,59-62,64-71,73-75,77-81H,3-4,6,8-10,12,14-16,18,20-22,24,26,29,32,35,40-42,47-51,53,55-58H2,1-2H3,(H,72,76)/b7-5-,13-11-,19-17-,25-23-,28-27-,31-30-,34-33-,38-36+,39-37-,45-43-,46-44+,54-52+. The molecule has 0 spiro atoms. The summed E-state index contributed by atoms with van der Waals surface area (Å²) < 4.78 is 22.8. The van der Waals surface area contributed by atoms with Crippen LogP contribution in [0.25, 0.3) is 0 Å². The first kappa shape index (κ1) is 77.0. The number of carbonyl (C=O) groups is 1. The van der Waals surface area contributed by atoms with Crippen molar-refractivity contribution in [2.24, 2.45) is 0 Å². The fourth-order valence-electron chi connectivity index (χ4n) is 9.55. The summed E-state index contributed by atoms with van der Waals surface area (Å²) in [5.74, 6) is -0.292. The van der Waals surface area contributed by atoms with Crippen molar-refractivity contribution in [3.05, 3.63) is 146 Å². The van der Waals surface area contributed by atoms with Gasteiger partial charge in [0.15, 0.2) is 12.6 Å². The molecule has 2 aliphatic heterocycles. The van der Waals surface area contributed by atoms with Gasteiger partial charge < -0.3 is 65.1 Å². The van der Waals surface area contributed by atoms with E-state index in [0.29, 0.717) is 12.8 Å². The highest BCUT2D eigenvalue weighted by molar-refractivity contribution is 5.76. The zero-order valence-electron chi connectivity index (χ0n) is 52.0. The summed E-state index contributed by atoms with van der Waals surface area (Å²) in [6.07, 6.45) is 64.6. The lowest BCUT2D eigenvalue weighted by atomic mass is 9.97. The number of nitrogens with one attached hydrogen (secondary N) is 1. The molecular formula is C71H115NO13. The number of rotatable bonds is 50. The van der Waals surface area contributed by atoms with Gasteiger partial charge in [0.2, 0.25) is 5.91 Å². The third-order valence-corrected chi connectivity index (χ3v) is 14.7. The van der Waals surface area contributed by atoms with Crippen LogP contribution < -0.4 is 5.32 Å². The number of hydrogen-bond acceptors (Lipinski definition) is 13. The molecule has 9 N–H and O–H groups in total. The second-order valence-electron chi connectivity index (χ2n) is 22.1. The van der Waals surface area contributed by atoms with Gasteiger partial charge in [0.1, 0.15) is 48.8 Å². The number of ether oxygens (including phenoxy) is 4. The molecule has 14 heteroatoms. The highest BCUT2D eigenvalue weighted by Gasteiger charge is 2.51. The molecule has 2 rings (SSSR count). The third-order valence-electron chi connectivity index (χ3n) is 14.7. The summed E-state index contributed by atoms with van der Waals surface area (Å²) in [4.78, 5) is 13.3. The Morgan fingerprint density at radius 2 is 0.824 bits per heavy atom. The van der Waals surface area contributed by atoms with Gasteiger partial charge in [0.05, 0.1) is 32.0 Å². The average Bonchev–Trinajstić information content (AvgIpc) is 3.68. The molecule has 0 saturated carbocycles. The largest absolute Gasteiger partial charge is 0.394 e. The highest BCUT2D eigenvalue weighted by atomic mass is 16.7. The molecule has 2 saturated heterocycles. The van der Waals surface area contributed by atoms with E-state index in [1.54, 1.807) is 6.08 Å². The smallest absolute Gasteiger partial charge is 0.220 e. The number of unbranched alkanes of at least 4 members (excludes halogenated alkanes) is 15. The Hall–Kier alpha value is -4.13. The number of hydrogen-bond donors (Lipinski definition) is 9. The molecule has 2 fully saturated rings. The van der Waals surface area contributed by atoms with Crippen molar-refractivity contribution in [2.45, 2.75) is 274 Å². The Balaban J connectivity index is 1.77. The molecule has 0 aromatic heterocycles. The normalized spacial score (nSPS) is 24.5. The van der Waals surface area contributed by atoms with E-state index < -0.39 is 86.8 Å². The van der Waals surface area contributed by atoms with Crippen molar-refractivity contribution in [3.8, 4) is 0 Å². The Kier molecular flexibility index (Phi) is 48.9. The van der Waals surface area contributed by atoms with Crippen LogP contribution in [0.15, 0.2) is 146 Å². The third kappa shape index (κ3) is 38.7. The quantitative estimate of drug-likeness (QED) is 0.0204. The van der Waals surface area contributed by atoms with Crippen LogP contribution in [0.5, 0.6) is 0 Å². The first-order valence-electron chi connectivity index (χ1n) is 32.6. The molecule has 0 radical (unpaired) electrons. The summed E-state index contributed by atoms with van der Waals surface area (Å²) in [6, 6.07) is -0.968. The van der Waals surface area contributed by atoms with Gasteiger partial charge in [-0.05, 0) is 116 Å². The second-order valence-corrected chi connectivity index (χ2v) is 22.1. The molecular weight excluding hydrogens is 1070 g/mol. The van der Waals surface area contributed by atoms with Gasteiger partial charge in [-0.15, -0.1) is 0 Å². The molecule has 2 heterocycles. The van der Waals surface area contributed by atoms with Crippen LogP contribution in [0.3, 0.4) is 0 Å². The fourth-order valence-corrected chi connectivity index (χ4v) is 9.55. The molecule has 0 bridgehead atoms. The van der Waals surface area contributed by atoms with Crippen molar-refractivity contribution < 1.29 is 64.6 Å². The molecule has 12 atom stereocenters. The summed E-state index contributed by atoms with van der Waals surface area (Å²) in [5, 5.41) is 87.2. The van der Waals surface area contributed by atoms with E-state index in [1.165, 1.54) is 64.2 Å². The predicted octanol–water partition coefficient (Wildman–Crippen LogP) is 12.5. The Morgan fingerprint density at radius 3 is 1.29 bits per heavy atom. The molecule has 12 unspecified atom stereocenters. The minimum atomic E-state index is -1.80. The van der Waals surface area contributed by atoms with E-state index in [1.807, 2.05) is 6.08 Å². The Bertz CT molecular complexity index is 1980. The second kappa shape index (κ2) is 54.1. The van der Waals surface area contributed by atoms with Gasteiger partial charge >= 0.3 is 0 Å². The maximum Gasteiger partial charge on any atom is 0.220 e. The summed E-state index contributed by atoms with van der Waals surface area (Å²) in [7, 11) is 0. The van der Waals surface area contributed by atoms with Gasteiger partial charge in [0, 0.05) is 6.42 Å². The van der Waals surface area contributed by atoms with E-state index >= 15 is 0 Å². The average molecular weight is 1190 g/mol. The first-order valence-corrected chi connectivity index (χ1v) is 32.6. The van der Waals surface area contributed by atoms with Gasteiger partial charge in [-0.25, -0.2) is 0 Å². The van der Waals surface area contributed by atoms with Gasteiger partial charge in [-0.3, -0.25) is 4.79 Å². The first-order chi connectivity index (χ1) is 41.6. The van der Waals surface area contributed by atoms with E-state index in [4.69, 9.17) is 18.9 Å². The molecule has 14 nitrogen and oxygen atoms in total. The van der Waals surface area contributed by atoms with E-state index in [9.17, 15) is 45.6 Å². The number of aliphatic hydroxyl groups is 8. The fraction of sp³-hybridized carbons (Fsp3) is 0.648. The van der Waals surface area contributed by atoms with Crippen molar-refractivity contribution >= 4 is 5.91 Å². The molecule has 0 aromatic carbocycles. The van der Waals surface area contributed by atoms with Crippen LogP contribution in [0.1, 0.15) is 200 Å². The molecule has 0 aliphatic carbocycles. The van der Waals surface area contributed by atoms with Crippen molar-refractivity contribution in [3.63, 3.8) is 0 Å². The Labute approximate surface area is 513 Å². The molecule has 85 heavy (non-hydrogen) atoms. The van der Waals surface area contributed by atoms with E-state index in [2.05, 4.69) is 153 Å². The summed E-state index contributed by atoms with van der Waals surface area (Å²) in [5.41, 5.74) is 0. The van der Waals surface area contributed by atoms with Gasteiger partial charge in [-0.2, -0.15) is 0 Å². The van der Waals surface area contributed by atoms with Gasteiger partial charge in [-0.1, -0.05) is 224 Å². The van der Waals surface area contributed by atoms with Crippen LogP contribution in [-0.4, -0.2) is 140 Å². The molecule has 0 aromatic rings. The van der Waals surface area contributed by atoms with Crippen molar-refractivity contribution in [1.82, 2.24) is 5.32 Å². The zero-order valence-corrected chi connectivity index (χ0v) is 52.0. The van der Waals surface area contributed by atoms with Crippen LogP contribution in [0.4, 0.5) is 0 Å². The Morgan fingerprint density at radius 1 is 0.435 bits per heavy atom. The minimum absolute atomic E-state index is 0.219. The topological polar surface area (TPSA) is 228 Å². The lowest BCUT2D eigenvalue weighted by molar-refractivity contribution is -0.359. The number of aliphatic hydroxyl groups excluding tert-OH is 8. The summed E-state index contributed by atoms with van der Waals surface area (Å²) >= 11 is 0. The molecule has 2 aliphatic rings. The molecule has 482 valence electrons. The lowest BCUT2D eigenvalue weighted by Crippen LogP contribution is -2.65. The van der Waals surface area contributed by atoms with Crippen molar-refractivity contribution in [2.75, 3.05) is 19.8 Å². The minimum Gasteiger partial charge on any atom is -0.394 e. The van der Waals surface area contributed by atoms with E-state index in [0.717, 1.165) is 103 Å². The van der Waals surface area contributed by atoms with Crippen molar-refractivity contribution in [1.29, 1.82) is 0 Å². The highest BCUT2D eigenvalue weighted by Crippen LogP contribution is 2.30. The monoisotopic (exact) mass is 1190 g/mol. The van der Waals surface area contributed by atoms with Crippen LogP contribution in [0.2, 0.25) is 0 Å². The van der Waals surface area contributed by atoms with Crippen LogP contribution >= 0.6 is 0 Å². The maximum atomic E-state index is 13.3. The predicted molar refractivity (Wildman–Crippen MR) is 345 cm³/mol. The number of carbonyl (C=O) groups excluding carboxylic acids is 1.